The van der Waals surface area contributed by atoms with Crippen molar-refractivity contribution >= 4 is 27.7 Å². The van der Waals surface area contributed by atoms with Gasteiger partial charge in [-0.2, -0.15) is 0 Å². The zero-order valence-electron chi connectivity index (χ0n) is 9.11. The van der Waals surface area contributed by atoms with Gasteiger partial charge in [0.25, 0.3) is 0 Å². The number of nitrogens with one attached hydrogen (secondary N) is 1. The molecule has 0 aromatic rings. The second-order valence-corrected chi connectivity index (χ2v) is 6.63. The van der Waals surface area contributed by atoms with Crippen molar-refractivity contribution in [2.24, 2.45) is 4.99 Å². The lowest BCUT2D eigenvalue weighted by Crippen LogP contribution is -2.34. The average molecular weight is 234 g/mol. The van der Waals surface area contributed by atoms with E-state index in [2.05, 4.69) is 24.2 Å². The summed E-state index contributed by atoms with van der Waals surface area (Å²) in [4.78, 5) is 4.49. The van der Waals surface area contributed by atoms with Crippen LogP contribution < -0.4 is 5.32 Å². The summed E-state index contributed by atoms with van der Waals surface area (Å²) in [7, 11) is -0.740. The summed E-state index contributed by atoms with van der Waals surface area (Å²) in [5.74, 6) is 0.683. The highest BCUT2D eigenvalue weighted by molar-refractivity contribution is 8.14. The van der Waals surface area contributed by atoms with Crippen molar-refractivity contribution in [1.29, 1.82) is 0 Å². The van der Waals surface area contributed by atoms with Gasteiger partial charge in [-0.3, -0.25) is 9.20 Å². The number of rotatable bonds is 3. The Labute approximate surface area is 92.6 Å². The summed E-state index contributed by atoms with van der Waals surface area (Å²) < 4.78 is 11.0. The first kappa shape index (κ1) is 12.0. The van der Waals surface area contributed by atoms with E-state index in [4.69, 9.17) is 0 Å². The molecule has 0 bridgehead atoms. The Morgan fingerprint density at radius 1 is 1.64 bits per heavy atom. The molecule has 0 aromatic carbocycles. The van der Waals surface area contributed by atoms with E-state index in [1.54, 1.807) is 18.0 Å². The molecule has 1 aliphatic rings. The smallest absolute Gasteiger partial charge is 0.157 e. The monoisotopic (exact) mass is 234 g/mol. The van der Waals surface area contributed by atoms with Gasteiger partial charge >= 0.3 is 0 Å². The zero-order valence-corrected chi connectivity index (χ0v) is 10.7. The molecule has 1 heterocycles. The summed E-state index contributed by atoms with van der Waals surface area (Å²) in [6.45, 7) is 6.34. The Balaban J connectivity index is 2.38. The molecule has 3 nitrogen and oxygen atoms in total. The molecule has 0 spiro atoms. The molecular formula is C9H18N2OS2. The van der Waals surface area contributed by atoms with Gasteiger partial charge < -0.3 is 5.32 Å². The molecule has 0 saturated heterocycles. The molecule has 5 heteroatoms. The van der Waals surface area contributed by atoms with Gasteiger partial charge in [0.1, 0.15) is 0 Å². The minimum Gasteiger partial charge on any atom is -0.362 e. The first-order valence-corrected chi connectivity index (χ1v) is 7.40. The normalized spacial score (nSPS) is 31.0. The van der Waals surface area contributed by atoms with Crippen LogP contribution in [-0.4, -0.2) is 38.7 Å². The van der Waals surface area contributed by atoms with E-state index < -0.39 is 10.8 Å². The van der Waals surface area contributed by atoms with Crippen LogP contribution in [0.25, 0.3) is 0 Å². The van der Waals surface area contributed by atoms with Crippen molar-refractivity contribution in [3.05, 3.63) is 0 Å². The van der Waals surface area contributed by atoms with Crippen molar-refractivity contribution in [1.82, 2.24) is 5.32 Å². The number of thioether (sulfide) groups is 1. The Hall–Kier alpha value is -0.0300. The largest absolute Gasteiger partial charge is 0.362 e. The van der Waals surface area contributed by atoms with Crippen LogP contribution >= 0.6 is 11.8 Å². The lowest BCUT2D eigenvalue weighted by molar-refractivity contribution is 0.671. The quantitative estimate of drug-likeness (QED) is 0.798. The highest BCUT2D eigenvalue weighted by atomic mass is 32.2. The van der Waals surface area contributed by atoms with Gasteiger partial charge in [-0.05, 0) is 13.8 Å². The maximum Gasteiger partial charge on any atom is 0.157 e. The molecule has 4 unspecified atom stereocenters. The van der Waals surface area contributed by atoms with Crippen molar-refractivity contribution < 1.29 is 4.21 Å². The van der Waals surface area contributed by atoms with Gasteiger partial charge in [0.05, 0.1) is 6.04 Å². The summed E-state index contributed by atoms with van der Waals surface area (Å²) in [6, 6.07) is 0.631. The SMILES string of the molecule is CC(CS(C)=O)NC1=NC(C)C(C)S1. The predicted octanol–water partition coefficient (Wildman–Crippen LogP) is 1.22. The van der Waals surface area contributed by atoms with Crippen molar-refractivity contribution in [2.45, 2.75) is 38.1 Å². The number of aliphatic imine (C=N–C) groups is 1. The summed E-state index contributed by atoms with van der Waals surface area (Å²) in [6.07, 6.45) is 1.73. The Bertz CT molecular complexity index is 255. The second-order valence-electron chi connectivity index (χ2n) is 3.78. The third-order valence-corrected chi connectivity index (χ3v) is 4.33. The van der Waals surface area contributed by atoms with Gasteiger partial charge in [0.2, 0.25) is 0 Å². The van der Waals surface area contributed by atoms with Crippen LogP contribution in [0.5, 0.6) is 0 Å². The van der Waals surface area contributed by atoms with Gasteiger partial charge in [-0.15, -0.1) is 0 Å². The maximum atomic E-state index is 11.0. The first-order valence-electron chi connectivity index (χ1n) is 4.80. The lowest BCUT2D eigenvalue weighted by Gasteiger charge is -2.12. The van der Waals surface area contributed by atoms with Gasteiger partial charge in [-0.1, -0.05) is 18.7 Å². The van der Waals surface area contributed by atoms with E-state index in [1.165, 1.54) is 0 Å². The minimum atomic E-state index is -0.740. The van der Waals surface area contributed by atoms with Crippen LogP contribution in [0, 0.1) is 0 Å². The molecule has 0 saturated carbocycles. The number of amidine groups is 1. The molecule has 82 valence electrons. The molecule has 0 amide bonds. The molecular weight excluding hydrogens is 216 g/mol. The predicted molar refractivity (Wildman–Crippen MR) is 65.5 cm³/mol. The molecule has 1 aliphatic heterocycles. The fraction of sp³-hybridized carbons (Fsp3) is 0.889. The maximum absolute atomic E-state index is 11.0. The van der Waals surface area contributed by atoms with Gasteiger partial charge in [0.15, 0.2) is 5.17 Å². The van der Waals surface area contributed by atoms with Crippen LogP contribution in [0.1, 0.15) is 20.8 Å². The Morgan fingerprint density at radius 3 is 2.71 bits per heavy atom. The number of hydrogen-bond acceptors (Lipinski definition) is 4. The van der Waals surface area contributed by atoms with E-state index in [0.29, 0.717) is 17.0 Å². The number of hydrogen-bond donors (Lipinski definition) is 1. The highest BCUT2D eigenvalue weighted by Crippen LogP contribution is 2.24. The highest BCUT2D eigenvalue weighted by Gasteiger charge is 2.23. The zero-order chi connectivity index (χ0) is 10.7. The van der Waals surface area contributed by atoms with Crippen LogP contribution in [0.2, 0.25) is 0 Å². The fourth-order valence-electron chi connectivity index (χ4n) is 1.27. The molecule has 1 N–H and O–H groups in total. The van der Waals surface area contributed by atoms with E-state index >= 15 is 0 Å². The molecule has 0 radical (unpaired) electrons. The fourth-order valence-corrected chi connectivity index (χ4v) is 3.16. The van der Waals surface area contributed by atoms with E-state index in [-0.39, 0.29) is 6.04 Å². The van der Waals surface area contributed by atoms with Crippen molar-refractivity contribution in [2.75, 3.05) is 12.0 Å². The summed E-state index contributed by atoms with van der Waals surface area (Å²) in [5, 5.41) is 4.85. The van der Waals surface area contributed by atoms with Crippen LogP contribution in [0.15, 0.2) is 4.99 Å². The Kier molecular flexibility index (Phi) is 4.44. The standard InChI is InChI=1S/C9H18N2OS2/c1-6(5-14(4)12)10-9-11-7(2)8(3)13-9/h6-8H,5H2,1-4H3,(H,10,11). The summed E-state index contributed by atoms with van der Waals surface area (Å²) >= 11 is 1.77. The average Bonchev–Trinajstić information content (AvgIpc) is 2.28. The third kappa shape index (κ3) is 3.61. The first-order chi connectivity index (χ1) is 6.49. The third-order valence-electron chi connectivity index (χ3n) is 2.15. The molecule has 0 fully saturated rings. The van der Waals surface area contributed by atoms with Crippen LogP contribution in [0.4, 0.5) is 0 Å². The minimum absolute atomic E-state index is 0.240. The van der Waals surface area contributed by atoms with Crippen molar-refractivity contribution in [3.8, 4) is 0 Å². The van der Waals surface area contributed by atoms with Crippen LogP contribution in [-0.2, 0) is 10.8 Å². The van der Waals surface area contributed by atoms with Crippen LogP contribution in [0.3, 0.4) is 0 Å². The Morgan fingerprint density at radius 2 is 2.29 bits per heavy atom. The lowest BCUT2D eigenvalue weighted by atomic mass is 10.3. The molecule has 0 aliphatic carbocycles. The molecule has 4 atom stereocenters. The van der Waals surface area contributed by atoms with Crippen molar-refractivity contribution in [3.63, 3.8) is 0 Å². The van der Waals surface area contributed by atoms with Gasteiger partial charge in [-0.25, -0.2) is 0 Å². The number of nitrogens with zero attached hydrogens (tertiary/aromatic N) is 1. The molecule has 14 heavy (non-hydrogen) atoms. The summed E-state index contributed by atoms with van der Waals surface area (Å²) in [5.41, 5.74) is 0. The van der Waals surface area contributed by atoms with E-state index in [1.807, 2.05) is 6.92 Å². The topological polar surface area (TPSA) is 41.5 Å². The van der Waals surface area contributed by atoms with E-state index in [0.717, 1.165) is 5.17 Å². The van der Waals surface area contributed by atoms with E-state index in [9.17, 15) is 4.21 Å². The molecule has 1 rings (SSSR count). The molecule has 0 aromatic heterocycles. The van der Waals surface area contributed by atoms with Gasteiger partial charge in [0, 0.05) is 34.1 Å². The second kappa shape index (κ2) is 5.16.